The molecule has 2 N–H and O–H groups in total. The first kappa shape index (κ1) is 23.1. The SMILES string of the molecule is O=C(Cn1c2ccccc2c(=O)c2ccccc21)NN=Cc1ccc(-c2ccc(Cl)c(C(=O)O)c2)o1. The van der Waals surface area contributed by atoms with E-state index in [0.717, 1.165) is 0 Å². The van der Waals surface area contributed by atoms with Crippen molar-refractivity contribution in [1.29, 1.82) is 0 Å². The molecular formula is C27H18ClN3O5. The molecule has 0 aliphatic rings. The minimum Gasteiger partial charge on any atom is -0.478 e. The number of rotatable bonds is 6. The molecule has 5 aromatic rings. The van der Waals surface area contributed by atoms with Crippen LogP contribution < -0.4 is 10.9 Å². The molecule has 0 saturated carbocycles. The van der Waals surface area contributed by atoms with Gasteiger partial charge < -0.3 is 14.1 Å². The molecule has 0 radical (unpaired) electrons. The lowest BCUT2D eigenvalue weighted by Gasteiger charge is -2.14. The highest BCUT2D eigenvalue weighted by atomic mass is 35.5. The molecule has 0 unspecified atom stereocenters. The number of carbonyl (C=O) groups excluding carboxylic acids is 1. The second-order valence-corrected chi connectivity index (χ2v) is 8.35. The Balaban J connectivity index is 1.35. The van der Waals surface area contributed by atoms with Crippen molar-refractivity contribution in [3.63, 3.8) is 0 Å². The smallest absolute Gasteiger partial charge is 0.337 e. The molecule has 2 heterocycles. The Kier molecular flexibility index (Phi) is 6.10. The van der Waals surface area contributed by atoms with E-state index in [0.29, 0.717) is 38.9 Å². The van der Waals surface area contributed by atoms with Gasteiger partial charge in [-0.15, -0.1) is 0 Å². The van der Waals surface area contributed by atoms with E-state index in [1.165, 1.54) is 18.3 Å². The number of benzene rings is 3. The molecule has 36 heavy (non-hydrogen) atoms. The number of amides is 1. The van der Waals surface area contributed by atoms with Gasteiger partial charge in [0.2, 0.25) is 0 Å². The van der Waals surface area contributed by atoms with Crippen LogP contribution in [0.5, 0.6) is 0 Å². The highest BCUT2D eigenvalue weighted by Gasteiger charge is 2.14. The van der Waals surface area contributed by atoms with E-state index >= 15 is 0 Å². The monoisotopic (exact) mass is 499 g/mol. The van der Waals surface area contributed by atoms with E-state index in [-0.39, 0.29) is 28.5 Å². The average Bonchev–Trinajstić information content (AvgIpc) is 3.35. The summed E-state index contributed by atoms with van der Waals surface area (Å²) in [6.45, 7) is -0.0508. The lowest BCUT2D eigenvalue weighted by molar-refractivity contribution is -0.121. The van der Waals surface area contributed by atoms with E-state index in [1.807, 2.05) is 12.1 Å². The fourth-order valence-corrected chi connectivity index (χ4v) is 4.21. The Labute approximate surface area is 209 Å². The first-order valence-corrected chi connectivity index (χ1v) is 11.3. The van der Waals surface area contributed by atoms with Crippen LogP contribution in [0.2, 0.25) is 5.02 Å². The lowest BCUT2D eigenvalue weighted by atomic mass is 10.1. The summed E-state index contributed by atoms with van der Waals surface area (Å²) >= 11 is 5.92. The highest BCUT2D eigenvalue weighted by molar-refractivity contribution is 6.33. The third-order valence-electron chi connectivity index (χ3n) is 5.67. The van der Waals surface area contributed by atoms with Crippen molar-refractivity contribution in [2.75, 3.05) is 0 Å². The molecule has 0 bridgehead atoms. The Morgan fingerprint density at radius 1 is 0.972 bits per heavy atom. The lowest BCUT2D eigenvalue weighted by Crippen LogP contribution is -2.25. The van der Waals surface area contributed by atoms with Crippen LogP contribution in [0.25, 0.3) is 33.1 Å². The predicted octanol–water partition coefficient (Wildman–Crippen LogP) is 4.92. The maximum Gasteiger partial charge on any atom is 0.337 e. The Morgan fingerprint density at radius 2 is 1.64 bits per heavy atom. The van der Waals surface area contributed by atoms with Crippen LogP contribution in [-0.4, -0.2) is 27.8 Å². The number of carboxylic acids is 1. The number of carboxylic acid groups (broad SMARTS) is 1. The van der Waals surface area contributed by atoms with E-state index < -0.39 is 5.97 Å². The molecule has 9 heteroatoms. The van der Waals surface area contributed by atoms with Gasteiger partial charge in [0.25, 0.3) is 5.91 Å². The van der Waals surface area contributed by atoms with Crippen molar-refractivity contribution in [2.24, 2.45) is 5.10 Å². The number of aromatic nitrogens is 1. The first-order chi connectivity index (χ1) is 17.4. The molecule has 0 atom stereocenters. The number of fused-ring (bicyclic) bond motifs is 2. The third kappa shape index (κ3) is 4.37. The van der Waals surface area contributed by atoms with Crippen LogP contribution in [0, 0.1) is 0 Å². The summed E-state index contributed by atoms with van der Waals surface area (Å²) in [5.41, 5.74) is 4.21. The van der Waals surface area contributed by atoms with E-state index in [2.05, 4.69) is 10.5 Å². The summed E-state index contributed by atoms with van der Waals surface area (Å²) in [7, 11) is 0. The fourth-order valence-electron chi connectivity index (χ4n) is 4.01. The fraction of sp³-hybridized carbons (Fsp3) is 0.0370. The van der Waals surface area contributed by atoms with Crippen molar-refractivity contribution in [1.82, 2.24) is 9.99 Å². The second kappa shape index (κ2) is 9.52. The predicted molar refractivity (Wildman–Crippen MR) is 138 cm³/mol. The number of aromatic carboxylic acids is 1. The molecular weight excluding hydrogens is 482 g/mol. The zero-order valence-corrected chi connectivity index (χ0v) is 19.4. The summed E-state index contributed by atoms with van der Waals surface area (Å²) in [4.78, 5) is 36.9. The summed E-state index contributed by atoms with van der Waals surface area (Å²) in [5.74, 6) is -0.744. The van der Waals surface area contributed by atoms with Crippen molar-refractivity contribution in [3.8, 4) is 11.3 Å². The molecule has 5 rings (SSSR count). The van der Waals surface area contributed by atoms with Gasteiger partial charge in [0.05, 0.1) is 27.8 Å². The number of nitrogens with one attached hydrogen (secondary N) is 1. The molecule has 0 spiro atoms. The molecule has 0 aliphatic carbocycles. The van der Waals surface area contributed by atoms with Gasteiger partial charge in [-0.3, -0.25) is 9.59 Å². The van der Waals surface area contributed by atoms with E-state index in [1.54, 1.807) is 59.2 Å². The molecule has 0 fully saturated rings. The number of nitrogens with zero attached hydrogens (tertiary/aromatic N) is 2. The van der Waals surface area contributed by atoms with Gasteiger partial charge in [0, 0.05) is 16.3 Å². The number of hydrogen-bond acceptors (Lipinski definition) is 5. The zero-order chi connectivity index (χ0) is 25.2. The number of hydrazone groups is 1. The quantitative estimate of drug-likeness (QED) is 0.195. The van der Waals surface area contributed by atoms with Gasteiger partial charge in [-0.2, -0.15) is 5.10 Å². The summed E-state index contributed by atoms with van der Waals surface area (Å²) in [5, 5.41) is 14.4. The largest absolute Gasteiger partial charge is 0.478 e. The van der Waals surface area contributed by atoms with Gasteiger partial charge in [0.1, 0.15) is 18.1 Å². The summed E-state index contributed by atoms with van der Waals surface area (Å²) < 4.78 is 7.48. The van der Waals surface area contributed by atoms with Crippen LogP contribution in [0.4, 0.5) is 0 Å². The van der Waals surface area contributed by atoms with Crippen molar-refractivity contribution in [3.05, 3.63) is 105 Å². The number of hydrogen-bond donors (Lipinski definition) is 2. The standard InChI is InChI=1S/C27H18ClN3O5/c28-21-11-9-16(13-20(21)27(34)35)24-12-10-17(36-24)14-29-30-25(32)15-31-22-7-3-1-5-18(22)26(33)19-6-2-4-8-23(19)31/h1-14H,15H2,(H,30,32)(H,34,35). The van der Waals surface area contributed by atoms with Gasteiger partial charge in [-0.05, 0) is 54.6 Å². The molecule has 8 nitrogen and oxygen atoms in total. The average molecular weight is 500 g/mol. The number of furan rings is 1. The maximum atomic E-state index is 12.8. The van der Waals surface area contributed by atoms with Crippen molar-refractivity contribution < 1.29 is 19.1 Å². The molecule has 178 valence electrons. The van der Waals surface area contributed by atoms with E-state index in [9.17, 15) is 19.5 Å². The van der Waals surface area contributed by atoms with Crippen LogP contribution in [0.3, 0.4) is 0 Å². The van der Waals surface area contributed by atoms with Gasteiger partial charge >= 0.3 is 5.97 Å². The highest BCUT2D eigenvalue weighted by Crippen LogP contribution is 2.26. The molecule has 0 saturated heterocycles. The topological polar surface area (TPSA) is 114 Å². The number of carbonyl (C=O) groups is 2. The number of halogens is 1. The van der Waals surface area contributed by atoms with Crippen LogP contribution >= 0.6 is 11.6 Å². The first-order valence-electron chi connectivity index (χ1n) is 10.9. The van der Waals surface area contributed by atoms with Gasteiger partial charge in [-0.1, -0.05) is 35.9 Å². The molecule has 2 aromatic heterocycles. The Hall–Kier alpha value is -4.69. The van der Waals surface area contributed by atoms with Gasteiger partial charge in [0.15, 0.2) is 5.43 Å². The minimum absolute atomic E-state index is 0.0318. The van der Waals surface area contributed by atoms with Crippen LogP contribution in [0.1, 0.15) is 16.1 Å². The minimum atomic E-state index is -1.14. The molecule has 1 amide bonds. The third-order valence-corrected chi connectivity index (χ3v) is 6.00. The van der Waals surface area contributed by atoms with Crippen molar-refractivity contribution in [2.45, 2.75) is 6.54 Å². The number of pyridine rings is 1. The Bertz CT molecular complexity index is 1680. The van der Waals surface area contributed by atoms with Crippen LogP contribution in [-0.2, 0) is 11.3 Å². The van der Waals surface area contributed by atoms with Gasteiger partial charge in [-0.25, -0.2) is 10.2 Å². The summed E-state index contributed by atoms with van der Waals surface area (Å²) in [6, 6.07) is 22.2. The Morgan fingerprint density at radius 3 is 2.31 bits per heavy atom. The number of para-hydroxylation sites is 2. The zero-order valence-electron chi connectivity index (χ0n) is 18.6. The van der Waals surface area contributed by atoms with E-state index in [4.69, 9.17) is 16.0 Å². The maximum absolute atomic E-state index is 12.8. The summed E-state index contributed by atoms with van der Waals surface area (Å²) in [6.07, 6.45) is 1.34. The molecule has 0 aliphatic heterocycles. The molecule has 3 aromatic carbocycles. The second-order valence-electron chi connectivity index (χ2n) is 7.94. The van der Waals surface area contributed by atoms with Crippen molar-refractivity contribution >= 4 is 51.5 Å². The van der Waals surface area contributed by atoms with Crippen LogP contribution in [0.15, 0.2) is 93.2 Å². The normalized spacial score (nSPS) is 11.4.